The van der Waals surface area contributed by atoms with Gasteiger partial charge in [0.2, 0.25) is 5.78 Å². The summed E-state index contributed by atoms with van der Waals surface area (Å²) in [6.45, 7) is 1.93. The monoisotopic (exact) mass is 292 g/mol. The Bertz CT molecular complexity index is 973. The minimum atomic E-state index is -0.255. The molecule has 4 nitrogen and oxygen atoms in total. The maximum Gasteiger partial charge on any atom is 0.236 e. The number of hydrogen-bond acceptors (Lipinski definition) is 3. The molecule has 0 atom stereocenters. The van der Waals surface area contributed by atoms with E-state index < -0.39 is 0 Å². The molecule has 0 aliphatic carbocycles. The molecule has 0 fully saturated rings. The predicted molar refractivity (Wildman–Crippen MR) is 84.9 cm³/mol. The molecule has 0 bridgehead atoms. The van der Waals surface area contributed by atoms with E-state index in [2.05, 4.69) is 15.3 Å². The molecule has 0 amide bonds. The molecule has 2 heterocycles. The van der Waals surface area contributed by atoms with Gasteiger partial charge in [-0.05, 0) is 43.3 Å². The van der Waals surface area contributed by atoms with Gasteiger partial charge in [0, 0.05) is 17.4 Å². The van der Waals surface area contributed by atoms with Crippen LogP contribution in [-0.2, 0) is 0 Å². The molecule has 4 rings (SSSR count). The third-order valence-electron chi connectivity index (χ3n) is 3.52. The highest BCUT2D eigenvalue weighted by atomic mass is 19.1. The van der Waals surface area contributed by atoms with Gasteiger partial charge in [0.05, 0.1) is 11.0 Å². The van der Waals surface area contributed by atoms with Crippen LogP contribution in [0.5, 0.6) is 0 Å². The Kier molecular flexibility index (Phi) is 2.79. The molecule has 0 radical (unpaired) electrons. The largest absolute Gasteiger partial charge is 0.341 e. The standard InChI is InChI=1S/C17H13FN4/c1-11-10-16(20-13-8-6-12(18)7-9-13)22-15-5-3-2-4-14(15)21-17(22)19-11/h2-10,20H,1H3. The summed E-state index contributed by atoms with van der Waals surface area (Å²) in [7, 11) is 0. The van der Waals surface area contributed by atoms with Crippen molar-refractivity contribution in [2.45, 2.75) is 6.92 Å². The first-order valence-corrected chi connectivity index (χ1v) is 6.98. The second kappa shape index (κ2) is 4.80. The van der Waals surface area contributed by atoms with Gasteiger partial charge in [-0.15, -0.1) is 0 Å². The molecule has 0 saturated heterocycles. The normalized spacial score (nSPS) is 11.2. The summed E-state index contributed by atoms with van der Waals surface area (Å²) < 4.78 is 15.0. The van der Waals surface area contributed by atoms with E-state index in [9.17, 15) is 4.39 Å². The van der Waals surface area contributed by atoms with Crippen molar-refractivity contribution in [1.82, 2.24) is 14.4 Å². The fraction of sp³-hybridized carbons (Fsp3) is 0.0588. The van der Waals surface area contributed by atoms with Crippen LogP contribution in [0, 0.1) is 12.7 Å². The molecule has 22 heavy (non-hydrogen) atoms. The summed E-state index contributed by atoms with van der Waals surface area (Å²) in [4.78, 5) is 9.03. The van der Waals surface area contributed by atoms with E-state index in [1.54, 1.807) is 12.1 Å². The van der Waals surface area contributed by atoms with Crippen molar-refractivity contribution in [3.05, 3.63) is 66.1 Å². The molecule has 5 heteroatoms. The SMILES string of the molecule is Cc1cc(Nc2ccc(F)cc2)n2c(n1)nc1ccccc12. The highest BCUT2D eigenvalue weighted by molar-refractivity contribution is 5.82. The van der Waals surface area contributed by atoms with Crippen molar-refractivity contribution in [3.63, 3.8) is 0 Å². The van der Waals surface area contributed by atoms with Crippen LogP contribution in [0.3, 0.4) is 0 Å². The number of imidazole rings is 1. The Morgan fingerprint density at radius 2 is 1.77 bits per heavy atom. The van der Waals surface area contributed by atoms with Crippen LogP contribution in [0.1, 0.15) is 5.69 Å². The Morgan fingerprint density at radius 3 is 2.59 bits per heavy atom. The van der Waals surface area contributed by atoms with Crippen molar-refractivity contribution in [2.24, 2.45) is 0 Å². The van der Waals surface area contributed by atoms with Gasteiger partial charge in [0.1, 0.15) is 11.6 Å². The number of hydrogen-bond donors (Lipinski definition) is 1. The van der Waals surface area contributed by atoms with Crippen molar-refractivity contribution >= 4 is 28.3 Å². The highest BCUT2D eigenvalue weighted by Gasteiger charge is 2.10. The number of fused-ring (bicyclic) bond motifs is 3. The number of nitrogens with zero attached hydrogens (tertiary/aromatic N) is 3. The smallest absolute Gasteiger partial charge is 0.236 e. The maximum atomic E-state index is 13.0. The van der Waals surface area contributed by atoms with E-state index in [4.69, 9.17) is 0 Å². The third kappa shape index (κ3) is 2.07. The van der Waals surface area contributed by atoms with Crippen LogP contribution in [0.2, 0.25) is 0 Å². The van der Waals surface area contributed by atoms with Crippen molar-refractivity contribution in [1.29, 1.82) is 0 Å². The Balaban J connectivity index is 1.93. The molecular weight excluding hydrogens is 279 g/mol. The average Bonchev–Trinajstić information content (AvgIpc) is 2.87. The first kappa shape index (κ1) is 12.8. The number of aryl methyl sites for hydroxylation is 1. The summed E-state index contributed by atoms with van der Waals surface area (Å²) in [5.74, 6) is 1.24. The van der Waals surface area contributed by atoms with Crippen LogP contribution >= 0.6 is 0 Å². The van der Waals surface area contributed by atoms with Crippen LogP contribution in [-0.4, -0.2) is 14.4 Å². The van der Waals surface area contributed by atoms with E-state index in [0.717, 1.165) is 28.2 Å². The number of para-hydroxylation sites is 2. The zero-order valence-corrected chi connectivity index (χ0v) is 11.9. The molecule has 0 spiro atoms. The molecule has 0 aliphatic heterocycles. The van der Waals surface area contributed by atoms with Crippen LogP contribution in [0.15, 0.2) is 54.6 Å². The molecule has 108 valence electrons. The lowest BCUT2D eigenvalue weighted by molar-refractivity contribution is 0.628. The number of rotatable bonds is 2. The lowest BCUT2D eigenvalue weighted by Gasteiger charge is -2.10. The molecule has 2 aromatic carbocycles. The van der Waals surface area contributed by atoms with Gasteiger partial charge in [-0.3, -0.25) is 4.40 Å². The number of benzene rings is 2. The van der Waals surface area contributed by atoms with Crippen LogP contribution in [0.4, 0.5) is 15.9 Å². The summed E-state index contributed by atoms with van der Waals surface area (Å²) >= 11 is 0. The van der Waals surface area contributed by atoms with Crippen LogP contribution in [0.25, 0.3) is 16.8 Å². The van der Waals surface area contributed by atoms with Crippen molar-refractivity contribution < 1.29 is 4.39 Å². The Labute approximate surface area is 126 Å². The minimum Gasteiger partial charge on any atom is -0.341 e. The number of aromatic nitrogens is 3. The summed E-state index contributed by atoms with van der Waals surface area (Å²) in [6, 6.07) is 16.1. The Morgan fingerprint density at radius 1 is 1.00 bits per heavy atom. The summed E-state index contributed by atoms with van der Waals surface area (Å²) in [5.41, 5.74) is 3.55. The summed E-state index contributed by atoms with van der Waals surface area (Å²) in [6.07, 6.45) is 0. The predicted octanol–water partition coefficient (Wildman–Crippen LogP) is 4.07. The number of anilines is 2. The van der Waals surface area contributed by atoms with E-state index in [1.807, 2.05) is 41.7 Å². The van der Waals surface area contributed by atoms with Gasteiger partial charge in [-0.25, -0.2) is 14.4 Å². The Hall–Kier alpha value is -2.95. The van der Waals surface area contributed by atoms with Crippen LogP contribution < -0.4 is 5.32 Å². The minimum absolute atomic E-state index is 0.255. The first-order chi connectivity index (χ1) is 10.7. The third-order valence-corrected chi connectivity index (χ3v) is 3.52. The lowest BCUT2D eigenvalue weighted by atomic mass is 10.3. The zero-order valence-electron chi connectivity index (χ0n) is 11.9. The molecule has 4 aromatic rings. The van der Waals surface area contributed by atoms with E-state index in [1.165, 1.54) is 12.1 Å². The molecular formula is C17H13FN4. The molecule has 0 aliphatic rings. The second-order valence-electron chi connectivity index (χ2n) is 5.15. The van der Waals surface area contributed by atoms with Gasteiger partial charge >= 0.3 is 0 Å². The second-order valence-corrected chi connectivity index (χ2v) is 5.15. The molecule has 0 saturated carbocycles. The van der Waals surface area contributed by atoms with Gasteiger partial charge < -0.3 is 5.32 Å². The molecule has 0 unspecified atom stereocenters. The fourth-order valence-electron chi connectivity index (χ4n) is 2.55. The molecule has 2 aromatic heterocycles. The maximum absolute atomic E-state index is 13.0. The number of nitrogens with one attached hydrogen (secondary N) is 1. The first-order valence-electron chi connectivity index (χ1n) is 6.98. The highest BCUT2D eigenvalue weighted by Crippen LogP contribution is 2.24. The average molecular weight is 292 g/mol. The zero-order chi connectivity index (χ0) is 15.1. The van der Waals surface area contributed by atoms with Gasteiger partial charge in [0.25, 0.3) is 0 Å². The summed E-state index contributed by atoms with van der Waals surface area (Å²) in [5, 5.41) is 3.31. The topological polar surface area (TPSA) is 42.2 Å². The van der Waals surface area contributed by atoms with Gasteiger partial charge in [-0.2, -0.15) is 0 Å². The van der Waals surface area contributed by atoms with Gasteiger partial charge in [-0.1, -0.05) is 12.1 Å². The van der Waals surface area contributed by atoms with E-state index in [0.29, 0.717) is 5.78 Å². The lowest BCUT2D eigenvalue weighted by Crippen LogP contribution is -2.01. The van der Waals surface area contributed by atoms with Gasteiger partial charge in [0.15, 0.2) is 0 Å². The van der Waals surface area contributed by atoms with E-state index in [-0.39, 0.29) is 5.82 Å². The van der Waals surface area contributed by atoms with Crippen molar-refractivity contribution in [3.8, 4) is 0 Å². The number of halogens is 1. The molecule has 1 N–H and O–H groups in total. The fourth-order valence-corrected chi connectivity index (χ4v) is 2.55. The quantitative estimate of drug-likeness (QED) is 0.605. The van der Waals surface area contributed by atoms with E-state index >= 15 is 0 Å². The van der Waals surface area contributed by atoms with Crippen molar-refractivity contribution in [2.75, 3.05) is 5.32 Å².